The predicted molar refractivity (Wildman–Crippen MR) is 58.2 cm³/mol. The van der Waals surface area contributed by atoms with Crippen LogP contribution in [0.1, 0.15) is 17.8 Å². The van der Waals surface area contributed by atoms with Crippen molar-refractivity contribution in [1.29, 1.82) is 0 Å². The summed E-state index contributed by atoms with van der Waals surface area (Å²) < 4.78 is 36.7. The first-order valence-corrected chi connectivity index (χ1v) is 5.84. The SMILES string of the molecule is NC(=O)C1(NC(=O)Nc2nnc(C(F)(F)F)s2)CC1. The van der Waals surface area contributed by atoms with Crippen LogP contribution in [-0.2, 0) is 11.0 Å². The van der Waals surface area contributed by atoms with Crippen LogP contribution < -0.4 is 16.4 Å². The summed E-state index contributed by atoms with van der Waals surface area (Å²) in [5, 5.41) is 8.96. The van der Waals surface area contributed by atoms with Gasteiger partial charge in [0, 0.05) is 0 Å². The van der Waals surface area contributed by atoms with Crippen LogP contribution in [0.25, 0.3) is 0 Å². The van der Waals surface area contributed by atoms with Gasteiger partial charge in [-0.25, -0.2) is 4.79 Å². The molecule has 11 heteroatoms. The van der Waals surface area contributed by atoms with Crippen LogP contribution in [0.15, 0.2) is 0 Å². The van der Waals surface area contributed by atoms with E-state index in [0.29, 0.717) is 12.8 Å². The summed E-state index contributed by atoms with van der Waals surface area (Å²) in [6.07, 6.45) is -3.81. The molecule has 0 saturated heterocycles. The molecule has 0 aliphatic heterocycles. The standard InChI is InChI=1S/C8H8F3N5O2S/c9-8(10,11)4-15-16-6(19-4)13-5(18)14-7(1-2-7)3(12)17/h1-2H2,(H2,12,17)(H2,13,14,16,18). The lowest BCUT2D eigenvalue weighted by atomic mass is 10.2. The van der Waals surface area contributed by atoms with Crippen LogP contribution in [0.4, 0.5) is 23.1 Å². The lowest BCUT2D eigenvalue weighted by molar-refractivity contribution is -0.138. The van der Waals surface area contributed by atoms with Crippen LogP contribution in [-0.4, -0.2) is 27.7 Å². The summed E-state index contributed by atoms with van der Waals surface area (Å²) in [6, 6.07) is -0.846. The second kappa shape index (κ2) is 4.33. The molecule has 0 aromatic carbocycles. The number of carbonyl (C=O) groups excluding carboxylic acids is 2. The number of nitrogens with zero attached hydrogens (tertiary/aromatic N) is 2. The third kappa shape index (κ3) is 2.92. The van der Waals surface area contributed by atoms with Crippen molar-refractivity contribution in [3.05, 3.63) is 5.01 Å². The number of nitrogens with one attached hydrogen (secondary N) is 2. The number of hydrogen-bond acceptors (Lipinski definition) is 5. The summed E-state index contributed by atoms with van der Waals surface area (Å²) >= 11 is 0.188. The highest BCUT2D eigenvalue weighted by Gasteiger charge is 2.50. The first-order chi connectivity index (χ1) is 8.73. The van der Waals surface area contributed by atoms with Crippen molar-refractivity contribution in [2.45, 2.75) is 24.6 Å². The van der Waals surface area contributed by atoms with Gasteiger partial charge in [-0.1, -0.05) is 11.3 Å². The molecule has 1 saturated carbocycles. The molecule has 1 aliphatic carbocycles. The largest absolute Gasteiger partial charge is 0.445 e. The second-order valence-corrected chi connectivity index (χ2v) is 4.91. The second-order valence-electron chi connectivity index (χ2n) is 3.94. The van der Waals surface area contributed by atoms with Crippen LogP contribution in [0.2, 0.25) is 0 Å². The molecule has 2 rings (SSSR count). The van der Waals surface area contributed by atoms with E-state index in [4.69, 9.17) is 5.73 Å². The molecule has 3 amide bonds. The number of anilines is 1. The Morgan fingerprint density at radius 2 is 1.95 bits per heavy atom. The predicted octanol–water partition coefficient (Wildman–Crippen LogP) is 0.696. The molecule has 0 radical (unpaired) electrons. The van der Waals surface area contributed by atoms with Gasteiger partial charge in [-0.3, -0.25) is 10.1 Å². The first-order valence-electron chi connectivity index (χ1n) is 5.03. The van der Waals surface area contributed by atoms with E-state index in [1.807, 2.05) is 0 Å². The number of amides is 3. The van der Waals surface area contributed by atoms with Crippen LogP contribution >= 0.6 is 11.3 Å². The topological polar surface area (TPSA) is 110 Å². The summed E-state index contributed by atoms with van der Waals surface area (Å²) in [6.45, 7) is 0. The number of nitrogens with two attached hydrogens (primary N) is 1. The van der Waals surface area contributed by atoms with Crippen molar-refractivity contribution in [3.63, 3.8) is 0 Å². The molecular formula is C8H8F3N5O2S. The Balaban J connectivity index is 1.96. The fraction of sp³-hybridized carbons (Fsp3) is 0.500. The van der Waals surface area contributed by atoms with E-state index in [1.165, 1.54) is 0 Å². The lowest BCUT2D eigenvalue weighted by Crippen LogP contribution is -2.48. The zero-order valence-corrected chi connectivity index (χ0v) is 10.1. The minimum atomic E-state index is -4.61. The summed E-state index contributed by atoms with van der Waals surface area (Å²) in [7, 11) is 0. The van der Waals surface area contributed by atoms with Gasteiger partial charge in [-0.05, 0) is 12.8 Å². The molecule has 0 atom stereocenters. The Bertz CT molecular complexity index is 525. The van der Waals surface area contributed by atoms with Crippen molar-refractivity contribution in [3.8, 4) is 0 Å². The van der Waals surface area contributed by atoms with Gasteiger partial charge >= 0.3 is 12.2 Å². The Morgan fingerprint density at radius 3 is 2.37 bits per heavy atom. The van der Waals surface area contributed by atoms with Gasteiger partial charge in [0.15, 0.2) is 0 Å². The molecule has 7 nitrogen and oxygen atoms in total. The fourth-order valence-corrected chi connectivity index (χ4v) is 1.90. The van der Waals surface area contributed by atoms with E-state index in [-0.39, 0.29) is 16.5 Å². The Kier molecular flexibility index (Phi) is 3.08. The maximum atomic E-state index is 12.2. The zero-order chi connectivity index (χ0) is 14.3. The van der Waals surface area contributed by atoms with Gasteiger partial charge < -0.3 is 11.1 Å². The molecule has 1 aliphatic rings. The summed E-state index contributed by atoms with van der Waals surface area (Å²) in [5.41, 5.74) is 3.98. The smallest absolute Gasteiger partial charge is 0.368 e. The number of alkyl halides is 3. The number of rotatable bonds is 3. The number of aromatic nitrogens is 2. The number of urea groups is 1. The van der Waals surface area contributed by atoms with E-state index < -0.39 is 28.7 Å². The van der Waals surface area contributed by atoms with Crippen LogP contribution in [0.5, 0.6) is 0 Å². The fourth-order valence-electron chi connectivity index (χ4n) is 1.29. The zero-order valence-electron chi connectivity index (χ0n) is 9.24. The highest BCUT2D eigenvalue weighted by molar-refractivity contribution is 7.15. The van der Waals surface area contributed by atoms with Crippen molar-refractivity contribution in [1.82, 2.24) is 15.5 Å². The van der Waals surface area contributed by atoms with E-state index in [2.05, 4.69) is 20.8 Å². The van der Waals surface area contributed by atoms with Gasteiger partial charge in [0.05, 0.1) is 0 Å². The molecule has 1 aromatic rings. The van der Waals surface area contributed by atoms with Crippen LogP contribution in [0, 0.1) is 0 Å². The molecule has 104 valence electrons. The van der Waals surface area contributed by atoms with Crippen LogP contribution in [0.3, 0.4) is 0 Å². The van der Waals surface area contributed by atoms with Gasteiger partial charge in [-0.15, -0.1) is 10.2 Å². The molecule has 1 heterocycles. The van der Waals surface area contributed by atoms with Gasteiger partial charge in [0.25, 0.3) is 0 Å². The first kappa shape index (κ1) is 13.5. The van der Waals surface area contributed by atoms with E-state index >= 15 is 0 Å². The molecule has 19 heavy (non-hydrogen) atoms. The monoisotopic (exact) mass is 295 g/mol. The Hall–Kier alpha value is -1.91. The normalized spacial score (nSPS) is 16.8. The van der Waals surface area contributed by atoms with Crippen molar-refractivity contribution < 1.29 is 22.8 Å². The minimum Gasteiger partial charge on any atom is -0.368 e. The summed E-state index contributed by atoms with van der Waals surface area (Å²) in [4.78, 5) is 22.5. The average molecular weight is 295 g/mol. The van der Waals surface area contributed by atoms with E-state index in [1.54, 1.807) is 0 Å². The Morgan fingerprint density at radius 1 is 1.32 bits per heavy atom. The molecule has 0 bridgehead atoms. The van der Waals surface area contributed by atoms with Crippen molar-refractivity contribution >= 4 is 28.4 Å². The highest BCUT2D eigenvalue weighted by Crippen LogP contribution is 2.35. The molecular weight excluding hydrogens is 287 g/mol. The molecule has 1 aromatic heterocycles. The number of halogens is 3. The summed E-state index contributed by atoms with van der Waals surface area (Å²) in [5.74, 6) is -0.684. The third-order valence-electron chi connectivity index (χ3n) is 2.46. The quantitative estimate of drug-likeness (QED) is 0.762. The highest BCUT2D eigenvalue weighted by atomic mass is 32.1. The minimum absolute atomic E-state index is 0.188. The molecule has 0 unspecified atom stereocenters. The van der Waals surface area contributed by atoms with Gasteiger partial charge in [-0.2, -0.15) is 13.2 Å². The third-order valence-corrected chi connectivity index (χ3v) is 3.35. The van der Waals surface area contributed by atoms with Gasteiger partial charge in [0.1, 0.15) is 5.54 Å². The Labute approximate surface area is 108 Å². The molecule has 1 fully saturated rings. The van der Waals surface area contributed by atoms with Crippen molar-refractivity contribution in [2.75, 3.05) is 5.32 Å². The maximum Gasteiger partial charge on any atom is 0.445 e. The van der Waals surface area contributed by atoms with E-state index in [9.17, 15) is 22.8 Å². The van der Waals surface area contributed by atoms with Gasteiger partial charge in [0.2, 0.25) is 16.0 Å². The number of hydrogen-bond donors (Lipinski definition) is 3. The molecule has 4 N–H and O–H groups in total. The average Bonchev–Trinajstić information content (AvgIpc) is 2.87. The number of primary amides is 1. The molecule has 0 spiro atoms. The van der Waals surface area contributed by atoms with Crippen molar-refractivity contribution in [2.24, 2.45) is 5.73 Å². The number of carbonyl (C=O) groups is 2. The maximum absolute atomic E-state index is 12.2. The lowest BCUT2D eigenvalue weighted by Gasteiger charge is -2.12. The van der Waals surface area contributed by atoms with E-state index in [0.717, 1.165) is 0 Å².